The molecule has 1 fully saturated rings. The smallest absolute Gasteiger partial charge is 0.225 e. The first kappa shape index (κ1) is 18.7. The Bertz CT molecular complexity index is 803. The van der Waals surface area contributed by atoms with Gasteiger partial charge in [-0.05, 0) is 30.4 Å². The van der Waals surface area contributed by atoms with Gasteiger partial charge in [-0.3, -0.25) is 0 Å². The number of rotatable bonds is 6. The lowest BCUT2D eigenvalue weighted by Gasteiger charge is -2.29. The molecule has 1 aliphatic rings. The van der Waals surface area contributed by atoms with Crippen molar-refractivity contribution in [1.29, 1.82) is 0 Å². The molecule has 1 aromatic heterocycles. The summed E-state index contributed by atoms with van der Waals surface area (Å²) in [7, 11) is 2.09. The van der Waals surface area contributed by atoms with E-state index in [1.54, 1.807) is 11.3 Å². The SMILES string of the molecule is C=C(NCc1ccc(-c2sc[n+](C)c2C)cc1)C1CC(C)CN1C(=C)C. The van der Waals surface area contributed by atoms with Crippen molar-refractivity contribution < 1.29 is 4.57 Å². The van der Waals surface area contributed by atoms with Crippen LogP contribution in [0.3, 0.4) is 0 Å². The van der Waals surface area contributed by atoms with Crippen molar-refractivity contribution in [3.8, 4) is 10.4 Å². The number of aryl methyl sites for hydroxylation is 1. The van der Waals surface area contributed by atoms with E-state index in [0.29, 0.717) is 12.0 Å². The van der Waals surface area contributed by atoms with E-state index >= 15 is 0 Å². The van der Waals surface area contributed by atoms with Crippen LogP contribution in [-0.4, -0.2) is 17.5 Å². The van der Waals surface area contributed by atoms with Crippen LogP contribution >= 0.6 is 11.3 Å². The highest BCUT2D eigenvalue weighted by Crippen LogP contribution is 2.29. The topological polar surface area (TPSA) is 19.1 Å². The first-order valence-electron chi connectivity index (χ1n) is 9.24. The monoisotopic (exact) mass is 368 g/mol. The third kappa shape index (κ3) is 3.85. The Kier molecular flexibility index (Phi) is 5.52. The molecule has 0 bridgehead atoms. The van der Waals surface area contributed by atoms with Crippen molar-refractivity contribution >= 4 is 11.3 Å². The second-order valence-corrected chi connectivity index (χ2v) is 8.42. The van der Waals surface area contributed by atoms with Crippen LogP contribution in [0, 0.1) is 12.8 Å². The van der Waals surface area contributed by atoms with E-state index in [4.69, 9.17) is 0 Å². The highest BCUT2D eigenvalue weighted by atomic mass is 32.1. The van der Waals surface area contributed by atoms with Crippen LogP contribution in [-0.2, 0) is 13.6 Å². The molecule has 0 aliphatic carbocycles. The van der Waals surface area contributed by atoms with E-state index < -0.39 is 0 Å². The zero-order valence-corrected chi connectivity index (χ0v) is 17.2. The van der Waals surface area contributed by atoms with Crippen LogP contribution < -0.4 is 9.88 Å². The zero-order valence-electron chi connectivity index (χ0n) is 16.4. The van der Waals surface area contributed by atoms with Crippen molar-refractivity contribution in [3.63, 3.8) is 0 Å². The van der Waals surface area contributed by atoms with Crippen molar-refractivity contribution in [1.82, 2.24) is 10.2 Å². The Morgan fingerprint density at radius 1 is 1.31 bits per heavy atom. The summed E-state index contributed by atoms with van der Waals surface area (Å²) in [4.78, 5) is 3.72. The van der Waals surface area contributed by atoms with E-state index in [9.17, 15) is 0 Å². The van der Waals surface area contributed by atoms with Gasteiger partial charge in [-0.2, -0.15) is 4.57 Å². The fourth-order valence-corrected chi connectivity index (χ4v) is 4.65. The molecule has 138 valence electrons. The lowest BCUT2D eigenvalue weighted by molar-refractivity contribution is -0.672. The highest BCUT2D eigenvalue weighted by Gasteiger charge is 2.30. The van der Waals surface area contributed by atoms with Crippen molar-refractivity contribution in [2.45, 2.75) is 39.8 Å². The number of thiazole rings is 1. The van der Waals surface area contributed by atoms with Gasteiger partial charge in [-0.1, -0.05) is 55.7 Å². The second-order valence-electron chi connectivity index (χ2n) is 7.57. The fraction of sp³-hybridized carbons (Fsp3) is 0.409. The molecule has 3 nitrogen and oxygen atoms in total. The van der Waals surface area contributed by atoms with Gasteiger partial charge in [0, 0.05) is 31.4 Å². The Labute approximate surface area is 161 Å². The van der Waals surface area contributed by atoms with Gasteiger partial charge in [0.15, 0.2) is 5.69 Å². The molecule has 0 spiro atoms. The first-order valence-corrected chi connectivity index (χ1v) is 10.1. The number of hydrogen-bond acceptors (Lipinski definition) is 3. The largest absolute Gasteiger partial charge is 0.383 e. The molecule has 2 atom stereocenters. The maximum atomic E-state index is 4.30. The van der Waals surface area contributed by atoms with Crippen LogP contribution in [0.15, 0.2) is 54.3 Å². The van der Waals surface area contributed by atoms with Gasteiger partial charge in [0.2, 0.25) is 5.51 Å². The number of aromatic nitrogens is 1. The van der Waals surface area contributed by atoms with Crippen LogP contribution in [0.25, 0.3) is 10.4 Å². The molecule has 2 aromatic rings. The molecular formula is C22H30N3S+. The normalized spacial score (nSPS) is 19.6. The molecule has 1 saturated heterocycles. The summed E-state index contributed by atoms with van der Waals surface area (Å²) in [6.07, 6.45) is 1.15. The molecule has 1 N–H and O–H groups in total. The fourth-order valence-electron chi connectivity index (χ4n) is 3.64. The Hall–Kier alpha value is -2.07. The third-order valence-electron chi connectivity index (χ3n) is 5.32. The van der Waals surface area contributed by atoms with Crippen LogP contribution in [0.5, 0.6) is 0 Å². The van der Waals surface area contributed by atoms with Crippen molar-refractivity contribution in [3.05, 3.63) is 65.6 Å². The van der Waals surface area contributed by atoms with Crippen LogP contribution in [0.4, 0.5) is 0 Å². The number of benzene rings is 1. The lowest BCUT2D eigenvalue weighted by atomic mass is 10.1. The maximum absolute atomic E-state index is 4.30. The lowest BCUT2D eigenvalue weighted by Crippen LogP contribution is -2.34. The molecule has 0 radical (unpaired) electrons. The van der Waals surface area contributed by atoms with Crippen molar-refractivity contribution in [2.75, 3.05) is 6.54 Å². The van der Waals surface area contributed by atoms with E-state index in [1.165, 1.54) is 21.7 Å². The summed E-state index contributed by atoms with van der Waals surface area (Å²) in [6.45, 7) is 16.9. The third-order valence-corrected chi connectivity index (χ3v) is 6.51. The van der Waals surface area contributed by atoms with Crippen LogP contribution in [0.2, 0.25) is 0 Å². The van der Waals surface area contributed by atoms with E-state index in [1.807, 2.05) is 0 Å². The standard InChI is InChI=1S/C22H30N3S/c1-15(2)25-13-16(3)11-21(25)17(4)23-12-19-7-9-20(10-8-19)22-18(5)24(6)14-26-22/h7-10,14,16,21,23H,1,4,11-13H2,2-3,5-6H3/q+1. The number of nitrogens with zero attached hydrogens (tertiary/aromatic N) is 2. The molecule has 0 amide bonds. The summed E-state index contributed by atoms with van der Waals surface area (Å²) >= 11 is 1.79. The molecule has 0 saturated carbocycles. The number of hydrogen-bond donors (Lipinski definition) is 1. The van der Waals surface area contributed by atoms with E-state index in [0.717, 1.165) is 30.9 Å². The molecule has 4 heteroatoms. The van der Waals surface area contributed by atoms with Gasteiger partial charge < -0.3 is 10.2 Å². The average molecular weight is 369 g/mol. The summed E-state index contributed by atoms with van der Waals surface area (Å²) in [5, 5.41) is 3.54. The molecule has 2 unspecified atom stereocenters. The molecular weight excluding hydrogens is 338 g/mol. The molecule has 26 heavy (non-hydrogen) atoms. The highest BCUT2D eigenvalue weighted by molar-refractivity contribution is 7.13. The summed E-state index contributed by atoms with van der Waals surface area (Å²) in [5.74, 6) is 0.685. The number of likely N-dealkylation sites (tertiary alicyclic amines) is 1. The van der Waals surface area contributed by atoms with Gasteiger partial charge in [0.05, 0.1) is 6.04 Å². The quantitative estimate of drug-likeness (QED) is 0.763. The van der Waals surface area contributed by atoms with Crippen molar-refractivity contribution in [2.24, 2.45) is 13.0 Å². The minimum atomic E-state index is 0.357. The van der Waals surface area contributed by atoms with Gasteiger partial charge in [0.1, 0.15) is 11.9 Å². The second kappa shape index (κ2) is 7.67. The maximum Gasteiger partial charge on any atom is 0.225 e. The molecule has 2 heterocycles. The first-order chi connectivity index (χ1) is 12.4. The van der Waals surface area contributed by atoms with Gasteiger partial charge >= 0.3 is 0 Å². The molecule has 3 rings (SSSR count). The summed E-state index contributed by atoms with van der Waals surface area (Å²) in [5.41, 5.74) is 8.26. The molecule has 1 aromatic carbocycles. The minimum Gasteiger partial charge on any atom is -0.383 e. The van der Waals surface area contributed by atoms with E-state index in [2.05, 4.69) is 85.5 Å². The van der Waals surface area contributed by atoms with Gasteiger partial charge in [-0.15, -0.1) is 0 Å². The van der Waals surface area contributed by atoms with Gasteiger partial charge in [0.25, 0.3) is 0 Å². The number of nitrogens with one attached hydrogen (secondary N) is 1. The summed E-state index contributed by atoms with van der Waals surface area (Å²) < 4.78 is 2.18. The minimum absolute atomic E-state index is 0.357. The zero-order chi connectivity index (χ0) is 18.8. The Morgan fingerprint density at radius 2 is 2.00 bits per heavy atom. The average Bonchev–Trinajstić information content (AvgIpc) is 3.17. The van der Waals surface area contributed by atoms with Gasteiger partial charge in [-0.25, -0.2) is 0 Å². The number of allylic oxidation sites excluding steroid dienone is 1. The van der Waals surface area contributed by atoms with Crippen LogP contribution in [0.1, 0.15) is 31.5 Å². The predicted octanol–water partition coefficient (Wildman–Crippen LogP) is 4.40. The molecule has 1 aliphatic heterocycles. The predicted molar refractivity (Wildman–Crippen MR) is 111 cm³/mol. The Balaban J connectivity index is 1.62. The van der Waals surface area contributed by atoms with E-state index in [-0.39, 0.29) is 0 Å². The summed E-state index contributed by atoms with van der Waals surface area (Å²) in [6, 6.07) is 9.22. The Morgan fingerprint density at radius 3 is 2.58 bits per heavy atom.